The molecule has 3 aromatic rings. The number of benzene rings is 2. The highest BCUT2D eigenvalue weighted by Gasteiger charge is 2.34. The van der Waals surface area contributed by atoms with Crippen molar-refractivity contribution in [2.45, 2.75) is 77.0 Å². The van der Waals surface area contributed by atoms with Gasteiger partial charge in [0.05, 0.1) is 11.3 Å². The van der Waals surface area contributed by atoms with Gasteiger partial charge in [-0.1, -0.05) is 29.8 Å². The van der Waals surface area contributed by atoms with Crippen molar-refractivity contribution in [1.29, 1.82) is 0 Å². The van der Waals surface area contributed by atoms with E-state index >= 15 is 0 Å². The van der Waals surface area contributed by atoms with Crippen LogP contribution < -0.4 is 9.64 Å². The van der Waals surface area contributed by atoms with Crippen LogP contribution in [0.15, 0.2) is 54.7 Å². The van der Waals surface area contributed by atoms with E-state index in [0.717, 1.165) is 80.2 Å². The Bertz CT molecular complexity index is 1410. The molecule has 4 heterocycles. The summed E-state index contributed by atoms with van der Waals surface area (Å²) >= 11 is 6.33. The molecule has 3 aliphatic heterocycles. The fraction of sp³-hybridized carbons (Fsp3) is 0.500. The third-order valence-corrected chi connectivity index (χ3v) is 9.55. The average molecular weight is 591 g/mol. The molecule has 1 aromatic heterocycles. The molecule has 1 saturated heterocycles. The standard InChI is InChI=1S/C34H43ClN4O3/c1-4-39-31-18-25(35)11-9-23(31)19-38(21-33(39)40)26-13-16-37(20-26)15-6-8-27-28-7-5-14-36-30(28)22-42-32-12-10-24(17-29(27)32)34(2,3)41/h5,7,9-12,14,17-18,26-27,33,40-41H,4,6,8,13,15-16,19-22H2,1-3H3/t26-,27-,33-/m1/s1. The Morgan fingerprint density at radius 1 is 1.10 bits per heavy atom. The quantitative estimate of drug-likeness (QED) is 0.376. The van der Waals surface area contributed by atoms with Crippen LogP contribution in [0.4, 0.5) is 5.69 Å². The number of ether oxygens (including phenoxy) is 1. The molecule has 224 valence electrons. The molecule has 2 aromatic carbocycles. The van der Waals surface area contributed by atoms with Crippen molar-refractivity contribution in [2.75, 3.05) is 37.6 Å². The van der Waals surface area contributed by atoms with Gasteiger partial charge in [-0.3, -0.25) is 9.88 Å². The molecular formula is C34H43ClN4O3. The first-order chi connectivity index (χ1) is 20.2. The molecule has 2 N–H and O–H groups in total. The number of halogens is 1. The fourth-order valence-electron chi connectivity index (χ4n) is 7.03. The van der Waals surface area contributed by atoms with Crippen LogP contribution in [-0.4, -0.2) is 70.0 Å². The number of pyridine rings is 1. The molecule has 0 saturated carbocycles. The van der Waals surface area contributed by atoms with Crippen LogP contribution in [0.5, 0.6) is 5.75 Å². The van der Waals surface area contributed by atoms with Crippen LogP contribution in [0.2, 0.25) is 5.02 Å². The van der Waals surface area contributed by atoms with E-state index in [9.17, 15) is 10.2 Å². The lowest BCUT2D eigenvalue weighted by atomic mass is 9.84. The lowest BCUT2D eigenvalue weighted by molar-refractivity contribution is 0.0784. The van der Waals surface area contributed by atoms with Crippen molar-refractivity contribution >= 4 is 17.3 Å². The largest absolute Gasteiger partial charge is 0.487 e. The topological polar surface area (TPSA) is 72.3 Å². The average Bonchev–Trinajstić information content (AvgIpc) is 3.31. The number of fused-ring (bicyclic) bond motifs is 3. The predicted octanol–water partition coefficient (Wildman–Crippen LogP) is 5.50. The second-order valence-corrected chi connectivity index (χ2v) is 13.0. The summed E-state index contributed by atoms with van der Waals surface area (Å²) in [5, 5.41) is 22.6. The molecule has 0 amide bonds. The van der Waals surface area contributed by atoms with Crippen LogP contribution in [0.1, 0.15) is 73.9 Å². The zero-order valence-electron chi connectivity index (χ0n) is 25.0. The molecule has 7 nitrogen and oxygen atoms in total. The maximum Gasteiger partial charge on any atom is 0.139 e. The number of likely N-dealkylation sites (tertiary alicyclic amines) is 1. The van der Waals surface area contributed by atoms with E-state index in [0.29, 0.717) is 24.2 Å². The highest BCUT2D eigenvalue weighted by molar-refractivity contribution is 6.30. The zero-order valence-corrected chi connectivity index (χ0v) is 25.7. The minimum absolute atomic E-state index is 0.163. The molecule has 1 fully saturated rings. The van der Waals surface area contributed by atoms with E-state index in [1.54, 1.807) is 0 Å². The number of nitrogens with zero attached hydrogens (tertiary/aromatic N) is 4. The van der Waals surface area contributed by atoms with E-state index in [1.807, 2.05) is 50.4 Å². The van der Waals surface area contributed by atoms with Gasteiger partial charge in [0.25, 0.3) is 0 Å². The molecule has 6 rings (SSSR count). The number of hydrogen-bond acceptors (Lipinski definition) is 7. The molecule has 0 unspecified atom stereocenters. The molecule has 0 bridgehead atoms. The first-order valence-corrected chi connectivity index (χ1v) is 15.7. The Morgan fingerprint density at radius 2 is 1.95 bits per heavy atom. The molecule has 8 heteroatoms. The van der Waals surface area contributed by atoms with Gasteiger partial charge in [0.2, 0.25) is 0 Å². The van der Waals surface area contributed by atoms with Crippen molar-refractivity contribution in [3.05, 3.63) is 87.7 Å². The van der Waals surface area contributed by atoms with Crippen molar-refractivity contribution in [3.8, 4) is 5.75 Å². The monoisotopic (exact) mass is 590 g/mol. The number of hydrogen-bond donors (Lipinski definition) is 2. The molecule has 0 spiro atoms. The second kappa shape index (κ2) is 12.1. The summed E-state index contributed by atoms with van der Waals surface area (Å²) in [6, 6.07) is 16.8. The lowest BCUT2D eigenvalue weighted by Gasteiger charge is -2.31. The van der Waals surface area contributed by atoms with Gasteiger partial charge in [-0.15, -0.1) is 0 Å². The Labute approximate surface area is 254 Å². The van der Waals surface area contributed by atoms with Gasteiger partial charge < -0.3 is 24.7 Å². The van der Waals surface area contributed by atoms with Gasteiger partial charge >= 0.3 is 0 Å². The van der Waals surface area contributed by atoms with E-state index in [1.165, 1.54) is 11.1 Å². The predicted molar refractivity (Wildman–Crippen MR) is 167 cm³/mol. The van der Waals surface area contributed by atoms with E-state index in [4.69, 9.17) is 16.3 Å². The van der Waals surface area contributed by atoms with E-state index in [2.05, 4.69) is 44.8 Å². The maximum absolute atomic E-state index is 11.1. The highest BCUT2D eigenvalue weighted by Crippen LogP contribution is 2.41. The molecule has 42 heavy (non-hydrogen) atoms. The Balaban J connectivity index is 1.14. The van der Waals surface area contributed by atoms with Crippen molar-refractivity contribution in [2.24, 2.45) is 0 Å². The summed E-state index contributed by atoms with van der Waals surface area (Å²) < 4.78 is 6.21. The van der Waals surface area contributed by atoms with Crippen LogP contribution in [0.25, 0.3) is 0 Å². The van der Waals surface area contributed by atoms with Crippen LogP contribution in [0, 0.1) is 0 Å². The van der Waals surface area contributed by atoms with E-state index < -0.39 is 11.8 Å². The number of β-amino-alcohol motifs (C(OH)–C–C–N with tert-alkyl or cyclic N) is 1. The minimum Gasteiger partial charge on any atom is -0.487 e. The van der Waals surface area contributed by atoms with Crippen molar-refractivity contribution in [3.63, 3.8) is 0 Å². The van der Waals surface area contributed by atoms with Gasteiger partial charge in [0.15, 0.2) is 0 Å². The number of aromatic nitrogens is 1. The zero-order chi connectivity index (χ0) is 29.4. The number of aliphatic hydroxyl groups excluding tert-OH is 1. The summed E-state index contributed by atoms with van der Waals surface area (Å²) in [5.74, 6) is 1.05. The molecule has 0 aliphatic carbocycles. The third-order valence-electron chi connectivity index (χ3n) is 9.32. The number of likely N-dealkylation sites (N-methyl/N-ethyl adjacent to an activating group) is 1. The summed E-state index contributed by atoms with van der Waals surface area (Å²) in [7, 11) is 0. The fourth-order valence-corrected chi connectivity index (χ4v) is 7.19. The first kappa shape index (κ1) is 29.4. The normalized spacial score (nSPS) is 23.0. The highest BCUT2D eigenvalue weighted by atomic mass is 35.5. The Morgan fingerprint density at radius 3 is 2.76 bits per heavy atom. The van der Waals surface area contributed by atoms with Crippen molar-refractivity contribution < 1.29 is 14.9 Å². The van der Waals surface area contributed by atoms with Crippen LogP contribution in [0.3, 0.4) is 0 Å². The van der Waals surface area contributed by atoms with Gasteiger partial charge in [0, 0.05) is 60.6 Å². The van der Waals surface area contributed by atoms with Crippen LogP contribution >= 0.6 is 11.6 Å². The van der Waals surface area contributed by atoms with E-state index in [-0.39, 0.29) is 5.92 Å². The SMILES string of the molecule is CCN1c2cc(Cl)ccc2CN([C@@H]2CCN(CCC[C@H]3c4cc(C(C)(C)O)ccc4OCc4ncccc43)C2)C[C@H]1O. The molecule has 3 atom stereocenters. The number of rotatable bonds is 7. The van der Waals surface area contributed by atoms with Crippen LogP contribution in [-0.2, 0) is 18.8 Å². The second-order valence-electron chi connectivity index (χ2n) is 12.5. The number of aliphatic hydroxyl groups is 2. The molecule has 3 aliphatic rings. The minimum atomic E-state index is -0.921. The summed E-state index contributed by atoms with van der Waals surface area (Å²) in [6.45, 7) is 11.5. The third kappa shape index (κ3) is 6.03. The summed E-state index contributed by atoms with van der Waals surface area (Å²) in [4.78, 5) is 11.8. The van der Waals surface area contributed by atoms with Gasteiger partial charge in [-0.05, 0) is 100 Å². The molecular weight excluding hydrogens is 548 g/mol. The maximum atomic E-state index is 11.1. The van der Waals surface area contributed by atoms with Crippen molar-refractivity contribution in [1.82, 2.24) is 14.8 Å². The summed E-state index contributed by atoms with van der Waals surface area (Å²) in [6.07, 6.45) is 4.42. The number of anilines is 1. The lowest BCUT2D eigenvalue weighted by Crippen LogP contribution is -2.45. The first-order valence-electron chi connectivity index (χ1n) is 15.3. The summed E-state index contributed by atoms with van der Waals surface area (Å²) in [5.41, 5.74) is 5.60. The Kier molecular flexibility index (Phi) is 8.49. The Hall–Kier alpha value is -2.68. The smallest absolute Gasteiger partial charge is 0.139 e. The van der Waals surface area contributed by atoms with Gasteiger partial charge in [-0.2, -0.15) is 0 Å². The van der Waals surface area contributed by atoms with Gasteiger partial charge in [-0.25, -0.2) is 0 Å². The molecule has 0 radical (unpaired) electrons. The van der Waals surface area contributed by atoms with Gasteiger partial charge in [0.1, 0.15) is 18.6 Å².